The van der Waals surface area contributed by atoms with Gasteiger partial charge in [0, 0.05) is 16.1 Å². The van der Waals surface area contributed by atoms with Crippen LogP contribution < -0.4 is 19.7 Å². The SMILES string of the molecule is COc1ccc(OC)c(NC(=O)c2cccc(N3C(=O)c4ccc(Br)cc4C3=O)c2)c1. The van der Waals surface area contributed by atoms with Gasteiger partial charge < -0.3 is 14.8 Å². The number of nitrogens with zero attached hydrogens (tertiary/aromatic N) is 1. The van der Waals surface area contributed by atoms with E-state index < -0.39 is 17.7 Å². The van der Waals surface area contributed by atoms with Crippen molar-refractivity contribution in [3.05, 3.63) is 81.8 Å². The van der Waals surface area contributed by atoms with Gasteiger partial charge in [-0.05, 0) is 48.5 Å². The van der Waals surface area contributed by atoms with Gasteiger partial charge in [-0.15, -0.1) is 0 Å². The van der Waals surface area contributed by atoms with E-state index in [0.717, 1.165) is 4.90 Å². The number of imide groups is 1. The van der Waals surface area contributed by atoms with Gasteiger partial charge in [0.2, 0.25) is 0 Å². The predicted molar refractivity (Wildman–Crippen MR) is 119 cm³/mol. The van der Waals surface area contributed by atoms with Crippen LogP contribution in [0.15, 0.2) is 65.1 Å². The van der Waals surface area contributed by atoms with Gasteiger partial charge >= 0.3 is 0 Å². The van der Waals surface area contributed by atoms with Crippen molar-refractivity contribution < 1.29 is 23.9 Å². The summed E-state index contributed by atoms with van der Waals surface area (Å²) in [7, 11) is 3.02. The van der Waals surface area contributed by atoms with Gasteiger partial charge in [-0.25, -0.2) is 4.90 Å². The van der Waals surface area contributed by atoms with Gasteiger partial charge in [-0.1, -0.05) is 22.0 Å². The first kappa shape index (κ1) is 20.6. The van der Waals surface area contributed by atoms with Crippen LogP contribution in [0.25, 0.3) is 0 Å². The van der Waals surface area contributed by atoms with Crippen LogP contribution in [0, 0.1) is 0 Å². The first-order chi connectivity index (χ1) is 14.9. The zero-order chi connectivity index (χ0) is 22.1. The molecule has 3 aromatic carbocycles. The van der Waals surface area contributed by atoms with Crippen LogP contribution in [0.3, 0.4) is 0 Å². The average Bonchev–Trinajstić information content (AvgIpc) is 3.03. The van der Waals surface area contributed by atoms with Crippen molar-refractivity contribution in [3.63, 3.8) is 0 Å². The Kier molecular flexibility index (Phi) is 5.48. The second-order valence-electron chi connectivity index (χ2n) is 6.71. The van der Waals surface area contributed by atoms with E-state index in [-0.39, 0.29) is 5.56 Å². The van der Waals surface area contributed by atoms with E-state index in [1.165, 1.54) is 20.3 Å². The summed E-state index contributed by atoms with van der Waals surface area (Å²) in [4.78, 5) is 39.6. The fourth-order valence-corrected chi connectivity index (χ4v) is 3.70. The number of carbonyl (C=O) groups is 3. The lowest BCUT2D eigenvalue weighted by Gasteiger charge is -2.15. The molecule has 0 saturated carbocycles. The fourth-order valence-electron chi connectivity index (χ4n) is 3.34. The summed E-state index contributed by atoms with van der Waals surface area (Å²) in [5.41, 5.74) is 1.66. The van der Waals surface area contributed by atoms with E-state index in [4.69, 9.17) is 9.47 Å². The third-order valence-corrected chi connectivity index (χ3v) is 5.36. The van der Waals surface area contributed by atoms with Crippen molar-refractivity contribution in [1.82, 2.24) is 0 Å². The maximum atomic E-state index is 12.9. The number of benzene rings is 3. The fraction of sp³-hybridized carbons (Fsp3) is 0.0870. The number of fused-ring (bicyclic) bond motifs is 1. The summed E-state index contributed by atoms with van der Waals surface area (Å²) in [5, 5.41) is 2.78. The number of hydrogen-bond acceptors (Lipinski definition) is 5. The third-order valence-electron chi connectivity index (χ3n) is 4.87. The molecule has 31 heavy (non-hydrogen) atoms. The Balaban J connectivity index is 1.63. The molecule has 1 heterocycles. The molecule has 7 nitrogen and oxygen atoms in total. The van der Waals surface area contributed by atoms with Crippen molar-refractivity contribution in [2.75, 3.05) is 24.4 Å². The molecule has 3 amide bonds. The number of carbonyl (C=O) groups excluding carboxylic acids is 3. The average molecular weight is 481 g/mol. The number of amides is 3. The van der Waals surface area contributed by atoms with E-state index in [2.05, 4.69) is 21.2 Å². The minimum atomic E-state index is -0.437. The van der Waals surface area contributed by atoms with Crippen molar-refractivity contribution in [2.45, 2.75) is 0 Å². The Morgan fingerprint density at radius 1 is 0.903 bits per heavy atom. The Labute approximate surface area is 186 Å². The summed E-state index contributed by atoms with van der Waals surface area (Å²) in [6.45, 7) is 0. The van der Waals surface area contributed by atoms with Crippen LogP contribution in [0.5, 0.6) is 11.5 Å². The molecular weight excluding hydrogens is 464 g/mol. The van der Waals surface area contributed by atoms with Gasteiger partial charge in [-0.3, -0.25) is 14.4 Å². The molecule has 156 valence electrons. The van der Waals surface area contributed by atoms with E-state index >= 15 is 0 Å². The molecule has 1 N–H and O–H groups in total. The molecule has 1 aliphatic rings. The van der Waals surface area contributed by atoms with E-state index in [9.17, 15) is 14.4 Å². The van der Waals surface area contributed by atoms with Gasteiger partial charge in [0.25, 0.3) is 17.7 Å². The minimum Gasteiger partial charge on any atom is -0.497 e. The summed E-state index contributed by atoms with van der Waals surface area (Å²) in [6.07, 6.45) is 0. The summed E-state index contributed by atoms with van der Waals surface area (Å²) in [5.74, 6) is -0.265. The second-order valence-corrected chi connectivity index (χ2v) is 7.62. The van der Waals surface area contributed by atoms with Crippen molar-refractivity contribution in [1.29, 1.82) is 0 Å². The molecule has 0 unspecified atom stereocenters. The second kappa shape index (κ2) is 8.23. The Hall–Kier alpha value is -3.65. The van der Waals surface area contributed by atoms with Crippen LogP contribution in [0.2, 0.25) is 0 Å². The molecule has 0 aromatic heterocycles. The maximum absolute atomic E-state index is 12.9. The van der Waals surface area contributed by atoms with Crippen molar-refractivity contribution >= 4 is 45.0 Å². The van der Waals surface area contributed by atoms with Crippen LogP contribution in [0.1, 0.15) is 31.1 Å². The van der Waals surface area contributed by atoms with Gasteiger partial charge in [0.1, 0.15) is 11.5 Å². The van der Waals surface area contributed by atoms with Crippen LogP contribution in [0.4, 0.5) is 11.4 Å². The highest BCUT2D eigenvalue weighted by Gasteiger charge is 2.36. The molecular formula is C23H17BrN2O5. The lowest BCUT2D eigenvalue weighted by Crippen LogP contribution is -2.29. The molecule has 0 spiro atoms. The molecule has 0 radical (unpaired) electrons. The Morgan fingerprint density at radius 2 is 1.68 bits per heavy atom. The molecule has 0 saturated heterocycles. The normalized spacial score (nSPS) is 12.5. The largest absolute Gasteiger partial charge is 0.497 e. The van der Waals surface area contributed by atoms with Gasteiger partial charge in [-0.2, -0.15) is 0 Å². The topological polar surface area (TPSA) is 84.9 Å². The number of ether oxygens (including phenoxy) is 2. The quantitative estimate of drug-likeness (QED) is 0.542. The zero-order valence-corrected chi connectivity index (χ0v) is 18.2. The molecule has 1 aliphatic heterocycles. The standard InChI is InChI=1S/C23H17BrN2O5/c1-30-16-7-9-20(31-2)19(12-16)25-21(27)13-4-3-5-15(10-13)26-22(28)17-8-6-14(24)11-18(17)23(26)29/h3-12H,1-2H3,(H,25,27). The minimum absolute atomic E-state index is 0.278. The highest BCUT2D eigenvalue weighted by molar-refractivity contribution is 9.10. The monoisotopic (exact) mass is 480 g/mol. The molecule has 3 aromatic rings. The predicted octanol–water partition coefficient (Wildman–Crippen LogP) is 4.52. The number of anilines is 2. The number of rotatable bonds is 5. The number of hydrogen-bond donors (Lipinski definition) is 1. The van der Waals surface area contributed by atoms with Crippen molar-refractivity contribution in [3.8, 4) is 11.5 Å². The highest BCUT2D eigenvalue weighted by atomic mass is 79.9. The summed E-state index contributed by atoms with van der Waals surface area (Å²) >= 11 is 3.32. The maximum Gasteiger partial charge on any atom is 0.266 e. The molecule has 0 aliphatic carbocycles. The van der Waals surface area contributed by atoms with Crippen LogP contribution >= 0.6 is 15.9 Å². The summed E-state index contributed by atoms with van der Waals surface area (Å²) < 4.78 is 11.2. The number of methoxy groups -OCH3 is 2. The van der Waals surface area contributed by atoms with E-state index in [1.54, 1.807) is 54.6 Å². The Morgan fingerprint density at radius 3 is 2.42 bits per heavy atom. The van der Waals surface area contributed by atoms with E-state index in [0.29, 0.717) is 38.5 Å². The number of nitrogens with one attached hydrogen (secondary N) is 1. The molecule has 4 rings (SSSR count). The van der Waals surface area contributed by atoms with Gasteiger partial charge in [0.15, 0.2) is 0 Å². The molecule has 0 fully saturated rings. The van der Waals surface area contributed by atoms with Crippen LogP contribution in [-0.2, 0) is 0 Å². The zero-order valence-electron chi connectivity index (χ0n) is 16.6. The summed E-state index contributed by atoms with van der Waals surface area (Å²) in [6, 6.07) is 16.3. The lowest BCUT2D eigenvalue weighted by molar-refractivity contribution is 0.0924. The van der Waals surface area contributed by atoms with Crippen molar-refractivity contribution in [2.24, 2.45) is 0 Å². The Bertz CT molecular complexity index is 1220. The van der Waals surface area contributed by atoms with Gasteiger partial charge in [0.05, 0.1) is 36.7 Å². The molecule has 0 atom stereocenters. The van der Waals surface area contributed by atoms with E-state index in [1.807, 2.05) is 0 Å². The first-order valence-electron chi connectivity index (χ1n) is 9.24. The molecule has 0 bridgehead atoms. The highest BCUT2D eigenvalue weighted by Crippen LogP contribution is 2.32. The lowest BCUT2D eigenvalue weighted by atomic mass is 10.1. The first-order valence-corrected chi connectivity index (χ1v) is 10.0. The smallest absolute Gasteiger partial charge is 0.266 e. The third kappa shape index (κ3) is 3.77. The molecule has 8 heteroatoms. The van der Waals surface area contributed by atoms with Crippen LogP contribution in [-0.4, -0.2) is 31.9 Å². The number of halogens is 1.